The van der Waals surface area contributed by atoms with Gasteiger partial charge < -0.3 is 5.32 Å². The van der Waals surface area contributed by atoms with Crippen LogP contribution >= 0.6 is 0 Å². The minimum Gasteiger partial charge on any atom is -0.324 e. The standard InChI is InChI=1S/C14H14N4/c1-4-11-10(3)8-13(17-12(11)5-2)18-14-9-15-6-7-16-14/h4-9H,1-2H2,3H3,(H,16,17,18). The Bertz CT molecular complexity index is 576. The summed E-state index contributed by atoms with van der Waals surface area (Å²) in [5.41, 5.74) is 2.88. The van der Waals surface area contributed by atoms with Gasteiger partial charge in [-0.3, -0.25) is 4.98 Å². The lowest BCUT2D eigenvalue weighted by Crippen LogP contribution is -2.00. The van der Waals surface area contributed by atoms with Crippen LogP contribution in [-0.4, -0.2) is 15.0 Å². The highest BCUT2D eigenvalue weighted by Gasteiger charge is 2.05. The molecule has 0 radical (unpaired) electrons. The van der Waals surface area contributed by atoms with Gasteiger partial charge in [0.25, 0.3) is 0 Å². The second kappa shape index (κ2) is 5.23. The second-order valence-electron chi connectivity index (χ2n) is 3.75. The first kappa shape index (κ1) is 12.0. The van der Waals surface area contributed by atoms with E-state index in [4.69, 9.17) is 0 Å². The molecule has 0 bridgehead atoms. The summed E-state index contributed by atoms with van der Waals surface area (Å²) in [6.45, 7) is 9.55. The van der Waals surface area contributed by atoms with Crippen LogP contribution in [0.15, 0.2) is 37.8 Å². The predicted molar refractivity (Wildman–Crippen MR) is 74.5 cm³/mol. The average Bonchev–Trinajstić information content (AvgIpc) is 2.39. The first-order chi connectivity index (χ1) is 8.74. The van der Waals surface area contributed by atoms with Crippen molar-refractivity contribution in [3.63, 3.8) is 0 Å². The summed E-state index contributed by atoms with van der Waals surface area (Å²) in [6.07, 6.45) is 8.39. The topological polar surface area (TPSA) is 50.7 Å². The van der Waals surface area contributed by atoms with E-state index in [2.05, 4.69) is 33.4 Å². The number of hydrogen-bond donors (Lipinski definition) is 1. The number of nitrogens with zero attached hydrogens (tertiary/aromatic N) is 3. The van der Waals surface area contributed by atoms with E-state index in [1.165, 1.54) is 0 Å². The zero-order valence-electron chi connectivity index (χ0n) is 10.2. The lowest BCUT2D eigenvalue weighted by molar-refractivity contribution is 1.17. The van der Waals surface area contributed by atoms with Crippen LogP contribution in [0.4, 0.5) is 11.6 Å². The summed E-state index contributed by atoms with van der Waals surface area (Å²) in [4.78, 5) is 12.6. The first-order valence-corrected chi connectivity index (χ1v) is 5.54. The average molecular weight is 238 g/mol. The van der Waals surface area contributed by atoms with Crippen molar-refractivity contribution in [2.24, 2.45) is 0 Å². The molecule has 0 aliphatic heterocycles. The number of hydrogen-bond acceptors (Lipinski definition) is 4. The normalized spacial score (nSPS) is 9.83. The Labute approximate surface area is 106 Å². The van der Waals surface area contributed by atoms with Crippen LogP contribution in [0.5, 0.6) is 0 Å². The fourth-order valence-electron chi connectivity index (χ4n) is 1.69. The van der Waals surface area contributed by atoms with Gasteiger partial charge in [0, 0.05) is 18.0 Å². The molecule has 0 fully saturated rings. The van der Waals surface area contributed by atoms with Crippen LogP contribution in [0.3, 0.4) is 0 Å². The van der Waals surface area contributed by atoms with Crippen molar-refractivity contribution in [3.8, 4) is 0 Å². The molecule has 0 unspecified atom stereocenters. The lowest BCUT2D eigenvalue weighted by atomic mass is 10.1. The molecule has 0 aliphatic carbocycles. The molecule has 18 heavy (non-hydrogen) atoms. The molecule has 0 aromatic carbocycles. The minimum absolute atomic E-state index is 0.658. The summed E-state index contributed by atoms with van der Waals surface area (Å²) in [6, 6.07) is 1.94. The van der Waals surface area contributed by atoms with Crippen molar-refractivity contribution in [2.45, 2.75) is 6.92 Å². The van der Waals surface area contributed by atoms with Gasteiger partial charge in [-0.1, -0.05) is 19.2 Å². The van der Waals surface area contributed by atoms with E-state index >= 15 is 0 Å². The maximum atomic E-state index is 4.45. The molecule has 0 spiro atoms. The van der Waals surface area contributed by atoms with Crippen LogP contribution in [0, 0.1) is 6.92 Å². The number of pyridine rings is 1. The van der Waals surface area contributed by atoms with E-state index in [9.17, 15) is 0 Å². The smallest absolute Gasteiger partial charge is 0.150 e. The van der Waals surface area contributed by atoms with Gasteiger partial charge >= 0.3 is 0 Å². The Morgan fingerprint density at radius 2 is 2.00 bits per heavy atom. The van der Waals surface area contributed by atoms with Gasteiger partial charge in [0.1, 0.15) is 11.6 Å². The Hall–Kier alpha value is -2.49. The SMILES string of the molecule is C=Cc1nc(Nc2cnccn2)cc(C)c1C=C. The van der Waals surface area contributed by atoms with Crippen LogP contribution in [0.1, 0.15) is 16.8 Å². The maximum Gasteiger partial charge on any atom is 0.150 e. The van der Waals surface area contributed by atoms with E-state index in [1.807, 2.05) is 13.0 Å². The molecule has 0 atom stereocenters. The van der Waals surface area contributed by atoms with E-state index in [0.29, 0.717) is 11.6 Å². The molecule has 4 nitrogen and oxygen atoms in total. The van der Waals surface area contributed by atoms with E-state index in [-0.39, 0.29) is 0 Å². The third-order valence-corrected chi connectivity index (χ3v) is 2.51. The van der Waals surface area contributed by atoms with Gasteiger partial charge in [-0.2, -0.15) is 0 Å². The van der Waals surface area contributed by atoms with Crippen LogP contribution in [0.2, 0.25) is 0 Å². The molecular formula is C14H14N4. The molecule has 0 saturated carbocycles. The highest BCUT2D eigenvalue weighted by atomic mass is 15.1. The highest BCUT2D eigenvalue weighted by Crippen LogP contribution is 2.20. The third-order valence-electron chi connectivity index (χ3n) is 2.51. The van der Waals surface area contributed by atoms with E-state index < -0.39 is 0 Å². The van der Waals surface area contributed by atoms with Gasteiger partial charge in [-0.05, 0) is 24.6 Å². The number of aryl methyl sites for hydroxylation is 1. The molecular weight excluding hydrogens is 224 g/mol. The highest BCUT2D eigenvalue weighted by molar-refractivity contribution is 5.67. The van der Waals surface area contributed by atoms with Crippen molar-refractivity contribution < 1.29 is 0 Å². The predicted octanol–water partition coefficient (Wildman–Crippen LogP) is 3.21. The monoisotopic (exact) mass is 238 g/mol. The van der Waals surface area contributed by atoms with Gasteiger partial charge in [-0.15, -0.1) is 0 Å². The lowest BCUT2D eigenvalue weighted by Gasteiger charge is -2.10. The Kier molecular flexibility index (Phi) is 3.48. The zero-order valence-corrected chi connectivity index (χ0v) is 10.2. The Morgan fingerprint density at radius 1 is 1.17 bits per heavy atom. The summed E-state index contributed by atoms with van der Waals surface area (Å²) in [5.74, 6) is 1.37. The van der Waals surface area contributed by atoms with Crippen molar-refractivity contribution >= 4 is 23.8 Å². The first-order valence-electron chi connectivity index (χ1n) is 5.54. The molecule has 2 rings (SSSR count). The Morgan fingerprint density at radius 3 is 2.61 bits per heavy atom. The molecule has 90 valence electrons. The number of nitrogens with one attached hydrogen (secondary N) is 1. The van der Waals surface area contributed by atoms with Gasteiger partial charge in [0.15, 0.2) is 0 Å². The number of aromatic nitrogens is 3. The number of rotatable bonds is 4. The van der Waals surface area contributed by atoms with Gasteiger partial charge in [0.05, 0.1) is 11.9 Å². The Balaban J connectivity index is 2.38. The van der Waals surface area contributed by atoms with Crippen LogP contribution in [-0.2, 0) is 0 Å². The van der Waals surface area contributed by atoms with Crippen molar-refractivity contribution in [1.29, 1.82) is 0 Å². The summed E-state index contributed by atoms with van der Waals surface area (Å²) in [5, 5.41) is 3.10. The second-order valence-corrected chi connectivity index (χ2v) is 3.75. The van der Waals surface area contributed by atoms with E-state index in [1.54, 1.807) is 30.7 Å². The van der Waals surface area contributed by atoms with E-state index in [0.717, 1.165) is 16.8 Å². The van der Waals surface area contributed by atoms with Crippen molar-refractivity contribution in [1.82, 2.24) is 15.0 Å². The van der Waals surface area contributed by atoms with Crippen LogP contribution in [0.25, 0.3) is 12.2 Å². The molecule has 0 aliphatic rings. The molecule has 2 heterocycles. The summed E-state index contributed by atoms with van der Waals surface area (Å²) in [7, 11) is 0. The van der Waals surface area contributed by atoms with Crippen molar-refractivity contribution in [2.75, 3.05) is 5.32 Å². The molecule has 0 saturated heterocycles. The third kappa shape index (κ3) is 2.43. The quantitative estimate of drug-likeness (QED) is 0.888. The van der Waals surface area contributed by atoms with Crippen molar-refractivity contribution in [3.05, 3.63) is 54.6 Å². The van der Waals surface area contributed by atoms with Gasteiger partial charge in [0.2, 0.25) is 0 Å². The fourth-order valence-corrected chi connectivity index (χ4v) is 1.69. The molecule has 4 heteroatoms. The summed E-state index contributed by atoms with van der Waals surface area (Å²) >= 11 is 0. The summed E-state index contributed by atoms with van der Waals surface area (Å²) < 4.78 is 0. The maximum absolute atomic E-state index is 4.45. The van der Waals surface area contributed by atoms with Crippen LogP contribution < -0.4 is 5.32 Å². The largest absolute Gasteiger partial charge is 0.324 e. The molecule has 2 aromatic heterocycles. The number of anilines is 2. The van der Waals surface area contributed by atoms with Gasteiger partial charge in [-0.25, -0.2) is 9.97 Å². The molecule has 0 amide bonds. The zero-order chi connectivity index (χ0) is 13.0. The molecule has 1 N–H and O–H groups in total. The fraction of sp³-hybridized carbons (Fsp3) is 0.0714. The molecule has 2 aromatic rings. The minimum atomic E-state index is 0.658.